The van der Waals surface area contributed by atoms with Gasteiger partial charge in [0.05, 0.1) is 17.9 Å². The summed E-state index contributed by atoms with van der Waals surface area (Å²) >= 11 is 0. The van der Waals surface area contributed by atoms with Crippen molar-refractivity contribution in [1.29, 1.82) is 0 Å². The number of alkyl halides is 3. The van der Waals surface area contributed by atoms with Crippen LogP contribution in [0, 0.1) is 5.82 Å². The molecule has 37 heavy (non-hydrogen) atoms. The van der Waals surface area contributed by atoms with Crippen LogP contribution in [-0.4, -0.2) is 51.2 Å². The fourth-order valence-electron chi connectivity index (χ4n) is 3.70. The highest BCUT2D eigenvalue weighted by Gasteiger charge is 2.44. The molecule has 0 bridgehead atoms. The third kappa shape index (κ3) is 4.86. The standard InChI is InChI=1S/C22H16F4N6O4S/c23-14-1-2-18-12(5-14)6-19(36-18)37(34,35)32-4-3-17(32)20(33)27-10-15-7-16(31-11-30-15)13-8-28-21(29-9-13)22(24,25)26/h1-2,5-9,11,17H,3-4,10H2,(H,27,33). The van der Waals surface area contributed by atoms with Crippen LogP contribution in [0.15, 0.2) is 58.6 Å². The first kappa shape index (κ1) is 24.7. The number of nitrogens with one attached hydrogen (secondary N) is 1. The molecule has 15 heteroatoms. The second kappa shape index (κ2) is 9.15. The third-order valence-corrected chi connectivity index (χ3v) is 7.42. The van der Waals surface area contributed by atoms with Gasteiger partial charge in [-0.2, -0.15) is 17.5 Å². The maximum Gasteiger partial charge on any atom is 0.451 e. The molecule has 10 nitrogen and oxygen atoms in total. The van der Waals surface area contributed by atoms with Crippen molar-refractivity contribution in [1.82, 2.24) is 29.6 Å². The van der Waals surface area contributed by atoms with Crippen LogP contribution in [-0.2, 0) is 27.5 Å². The van der Waals surface area contributed by atoms with E-state index in [0.29, 0.717) is 5.69 Å². The van der Waals surface area contributed by atoms with E-state index in [0.717, 1.165) is 28.8 Å². The van der Waals surface area contributed by atoms with Crippen LogP contribution in [0.3, 0.4) is 0 Å². The van der Waals surface area contributed by atoms with Gasteiger partial charge < -0.3 is 9.73 Å². The number of sulfonamides is 1. The van der Waals surface area contributed by atoms with E-state index in [-0.39, 0.29) is 41.7 Å². The van der Waals surface area contributed by atoms with E-state index in [1.54, 1.807) is 0 Å². The molecule has 1 amide bonds. The van der Waals surface area contributed by atoms with E-state index in [4.69, 9.17) is 4.42 Å². The topological polar surface area (TPSA) is 131 Å². The first-order valence-corrected chi connectivity index (χ1v) is 12.2. The van der Waals surface area contributed by atoms with Gasteiger partial charge in [0, 0.05) is 36.0 Å². The number of hydrogen-bond acceptors (Lipinski definition) is 8. The molecule has 1 fully saturated rings. The van der Waals surface area contributed by atoms with Gasteiger partial charge >= 0.3 is 6.18 Å². The minimum Gasteiger partial charge on any atom is -0.443 e. The summed E-state index contributed by atoms with van der Waals surface area (Å²) in [7, 11) is -4.15. The first-order valence-electron chi connectivity index (χ1n) is 10.7. The molecule has 0 aliphatic carbocycles. The molecule has 1 unspecified atom stereocenters. The number of furan rings is 1. The molecule has 1 aromatic carbocycles. The van der Waals surface area contributed by atoms with E-state index in [1.807, 2.05) is 0 Å². The van der Waals surface area contributed by atoms with Gasteiger partial charge in [0.15, 0.2) is 0 Å². The van der Waals surface area contributed by atoms with Crippen molar-refractivity contribution < 1.29 is 35.2 Å². The number of halogens is 4. The molecule has 1 saturated heterocycles. The van der Waals surface area contributed by atoms with Crippen LogP contribution in [0.5, 0.6) is 0 Å². The van der Waals surface area contributed by atoms with Gasteiger partial charge in [-0.25, -0.2) is 32.7 Å². The van der Waals surface area contributed by atoms with Gasteiger partial charge in [0.1, 0.15) is 23.8 Å². The van der Waals surface area contributed by atoms with Crippen LogP contribution in [0.2, 0.25) is 0 Å². The fourth-order valence-corrected chi connectivity index (χ4v) is 5.28. The summed E-state index contributed by atoms with van der Waals surface area (Å²) in [6, 6.07) is 5.26. The minimum absolute atomic E-state index is 0.0931. The average molecular weight is 536 g/mol. The highest BCUT2D eigenvalue weighted by Crippen LogP contribution is 2.31. The summed E-state index contributed by atoms with van der Waals surface area (Å²) < 4.78 is 83.8. The van der Waals surface area contributed by atoms with Gasteiger partial charge in [0.25, 0.3) is 10.0 Å². The quantitative estimate of drug-likeness (QED) is 0.372. The molecule has 1 N–H and O–H groups in total. The van der Waals surface area contributed by atoms with Crippen molar-refractivity contribution in [2.45, 2.75) is 30.3 Å². The Kier molecular flexibility index (Phi) is 6.11. The number of carbonyl (C=O) groups excluding carboxylic acids is 1. The molecule has 0 spiro atoms. The summed E-state index contributed by atoms with van der Waals surface area (Å²) in [4.78, 5) is 27.3. The third-order valence-electron chi connectivity index (χ3n) is 5.66. The highest BCUT2D eigenvalue weighted by atomic mass is 32.2. The van der Waals surface area contributed by atoms with Crippen molar-refractivity contribution in [2.24, 2.45) is 0 Å². The zero-order valence-corrected chi connectivity index (χ0v) is 19.4. The summed E-state index contributed by atoms with van der Waals surface area (Å²) in [6.45, 7) is 0.00154. The Morgan fingerprint density at radius 3 is 2.54 bits per heavy atom. The number of hydrogen-bond donors (Lipinski definition) is 1. The second-order valence-corrected chi connectivity index (χ2v) is 9.89. The number of nitrogens with zero attached hydrogens (tertiary/aromatic N) is 5. The zero-order chi connectivity index (χ0) is 26.4. The number of fused-ring (bicyclic) bond motifs is 1. The molecule has 0 saturated carbocycles. The predicted octanol–water partition coefficient (Wildman–Crippen LogP) is 2.92. The highest BCUT2D eigenvalue weighted by molar-refractivity contribution is 7.89. The SMILES string of the molecule is O=C(NCc1cc(-c2cnc(C(F)(F)F)nc2)ncn1)C1CCN1S(=O)(=O)c1cc2cc(F)ccc2o1. The van der Waals surface area contributed by atoms with Gasteiger partial charge in [-0.3, -0.25) is 4.79 Å². The number of rotatable bonds is 6. The summed E-state index contributed by atoms with van der Waals surface area (Å²) in [5.41, 5.74) is 0.970. The Morgan fingerprint density at radius 1 is 1.11 bits per heavy atom. The Balaban J connectivity index is 1.25. The average Bonchev–Trinajstić information content (AvgIpc) is 3.26. The van der Waals surface area contributed by atoms with E-state index >= 15 is 0 Å². The normalized spacial score (nSPS) is 16.5. The monoisotopic (exact) mass is 536 g/mol. The number of amides is 1. The van der Waals surface area contributed by atoms with Crippen LogP contribution < -0.4 is 5.32 Å². The fraction of sp³-hybridized carbons (Fsp3) is 0.227. The lowest BCUT2D eigenvalue weighted by Gasteiger charge is -2.37. The van der Waals surface area contributed by atoms with Crippen LogP contribution in [0.25, 0.3) is 22.2 Å². The van der Waals surface area contributed by atoms with Crippen LogP contribution in [0.4, 0.5) is 17.6 Å². The molecule has 1 atom stereocenters. The smallest absolute Gasteiger partial charge is 0.443 e. The van der Waals surface area contributed by atoms with Gasteiger partial charge in [-0.05, 0) is 30.7 Å². The largest absolute Gasteiger partial charge is 0.451 e. The molecule has 0 radical (unpaired) electrons. The van der Waals surface area contributed by atoms with E-state index in [2.05, 4.69) is 25.3 Å². The number of carbonyl (C=O) groups is 1. The minimum atomic E-state index is -4.68. The molecule has 4 aromatic rings. The van der Waals surface area contributed by atoms with E-state index in [1.165, 1.54) is 24.5 Å². The molecular formula is C22H16F4N6O4S. The van der Waals surface area contributed by atoms with Crippen molar-refractivity contribution >= 4 is 26.9 Å². The Morgan fingerprint density at radius 2 is 1.86 bits per heavy atom. The Bertz CT molecular complexity index is 1590. The lowest BCUT2D eigenvalue weighted by Crippen LogP contribution is -2.57. The molecule has 192 valence electrons. The molecule has 5 rings (SSSR count). The molecule has 3 aromatic heterocycles. The summed E-state index contributed by atoms with van der Waals surface area (Å²) in [5.74, 6) is -2.40. The maximum atomic E-state index is 13.4. The van der Waals surface area contributed by atoms with Crippen molar-refractivity contribution in [3.05, 3.63) is 66.4 Å². The molecular weight excluding hydrogens is 520 g/mol. The van der Waals surface area contributed by atoms with E-state index in [9.17, 15) is 30.8 Å². The lowest BCUT2D eigenvalue weighted by atomic mass is 10.1. The van der Waals surface area contributed by atoms with Crippen molar-refractivity contribution in [2.75, 3.05) is 6.54 Å². The van der Waals surface area contributed by atoms with Crippen LogP contribution in [0.1, 0.15) is 17.9 Å². The van der Waals surface area contributed by atoms with E-state index < -0.39 is 44.9 Å². The lowest BCUT2D eigenvalue weighted by molar-refractivity contribution is -0.145. The number of aromatic nitrogens is 4. The summed E-state index contributed by atoms with van der Waals surface area (Å²) in [5, 5.41) is 2.48. The predicted molar refractivity (Wildman–Crippen MR) is 118 cm³/mol. The van der Waals surface area contributed by atoms with Gasteiger partial charge in [-0.1, -0.05) is 0 Å². The second-order valence-electron chi connectivity index (χ2n) is 8.07. The zero-order valence-electron chi connectivity index (χ0n) is 18.6. The van der Waals surface area contributed by atoms with Crippen molar-refractivity contribution in [3.8, 4) is 11.3 Å². The van der Waals surface area contributed by atoms with Crippen molar-refractivity contribution in [3.63, 3.8) is 0 Å². The molecule has 1 aliphatic rings. The van der Waals surface area contributed by atoms with Gasteiger partial charge in [0.2, 0.25) is 16.8 Å². The first-order chi connectivity index (χ1) is 17.5. The molecule has 1 aliphatic heterocycles. The van der Waals surface area contributed by atoms with Crippen LogP contribution >= 0.6 is 0 Å². The molecule has 4 heterocycles. The Hall–Kier alpha value is -3.98. The number of benzene rings is 1. The Labute approximate surface area is 206 Å². The maximum absolute atomic E-state index is 13.4. The van der Waals surface area contributed by atoms with Gasteiger partial charge in [-0.15, -0.1) is 0 Å². The summed E-state index contributed by atoms with van der Waals surface area (Å²) in [6.07, 6.45) is -1.28.